The van der Waals surface area contributed by atoms with E-state index in [1.807, 2.05) is 44.2 Å². The highest BCUT2D eigenvalue weighted by Crippen LogP contribution is 2.49. The van der Waals surface area contributed by atoms with Crippen molar-refractivity contribution in [2.75, 3.05) is 61.8 Å². The number of ether oxygens (including phenoxy) is 9. The van der Waals surface area contributed by atoms with Gasteiger partial charge in [-0.3, -0.25) is 4.79 Å². The molecular weight excluding hydrogens is 580 g/mol. The van der Waals surface area contributed by atoms with Crippen LogP contribution in [0.1, 0.15) is 42.3 Å². The van der Waals surface area contributed by atoms with Gasteiger partial charge in [0.05, 0.1) is 34.0 Å². The molecule has 244 valence electrons. The zero-order valence-electron chi connectivity index (χ0n) is 27.2. The van der Waals surface area contributed by atoms with E-state index in [-0.39, 0.29) is 19.7 Å². The second-order valence-electron chi connectivity index (χ2n) is 10.9. The molecule has 45 heavy (non-hydrogen) atoms. The molecule has 1 heterocycles. The molecule has 1 unspecified atom stereocenters. The molecule has 0 radical (unpaired) electrons. The Kier molecular flexibility index (Phi) is 12.2. The topological polar surface area (TPSA) is 100 Å². The molecule has 1 atom stereocenters. The first kappa shape index (κ1) is 34.2. The van der Waals surface area contributed by atoms with E-state index < -0.39 is 5.79 Å². The lowest BCUT2D eigenvalue weighted by molar-refractivity contribution is -0.144. The van der Waals surface area contributed by atoms with Gasteiger partial charge >= 0.3 is 0 Å². The Balaban J connectivity index is 1.94. The van der Waals surface area contributed by atoms with E-state index in [1.54, 1.807) is 40.6 Å². The van der Waals surface area contributed by atoms with Gasteiger partial charge in [-0.05, 0) is 67.6 Å². The summed E-state index contributed by atoms with van der Waals surface area (Å²) in [6, 6.07) is 13.0. The number of carbonyl (C=O) groups is 1. The monoisotopic (exact) mass is 624 g/mol. The Morgan fingerprint density at radius 2 is 1.62 bits per heavy atom. The standard InChI is InChI=1S/C35H44O10/c1-8-27-28(14-15-41-19-26-20-44-35(2,3)45-26)34(31(43-22-38-5)17-30(27)42-21-37-4)33-24(18-36)12-13-29(40-7)32(33)23-10-9-11-25(16-23)39-6/h9-13,16-18,26H,8,14-15,19-22H2,1-7H3. The predicted octanol–water partition coefficient (Wildman–Crippen LogP) is 6.09. The highest BCUT2D eigenvalue weighted by atomic mass is 16.7. The van der Waals surface area contributed by atoms with Gasteiger partial charge < -0.3 is 42.6 Å². The lowest BCUT2D eigenvalue weighted by atomic mass is 9.84. The molecule has 4 rings (SSSR count). The lowest BCUT2D eigenvalue weighted by Crippen LogP contribution is -2.24. The minimum absolute atomic E-state index is 0.0260. The zero-order valence-corrected chi connectivity index (χ0v) is 27.2. The normalized spacial score (nSPS) is 15.6. The molecular formula is C35H44O10. The Morgan fingerprint density at radius 3 is 2.24 bits per heavy atom. The van der Waals surface area contributed by atoms with Crippen molar-refractivity contribution in [1.82, 2.24) is 0 Å². The molecule has 10 heteroatoms. The number of hydrogen-bond donors (Lipinski definition) is 0. The maximum atomic E-state index is 12.7. The van der Waals surface area contributed by atoms with Crippen LogP contribution in [0.15, 0.2) is 42.5 Å². The smallest absolute Gasteiger partial charge is 0.188 e. The number of aldehydes is 1. The van der Waals surface area contributed by atoms with Gasteiger partial charge in [0, 0.05) is 42.5 Å². The van der Waals surface area contributed by atoms with Crippen LogP contribution in [0.4, 0.5) is 0 Å². The summed E-state index contributed by atoms with van der Waals surface area (Å²) in [5.41, 5.74) is 5.21. The Hall–Kier alpha value is -3.67. The SMILES string of the molecule is CCc1c(OCOC)cc(OCOC)c(-c2c(C=O)ccc(OC)c2-c2cccc(OC)c2)c1CCOCC1COC(C)(C)O1. The van der Waals surface area contributed by atoms with Crippen molar-refractivity contribution in [2.45, 2.75) is 45.5 Å². The van der Waals surface area contributed by atoms with Crippen molar-refractivity contribution < 1.29 is 47.4 Å². The van der Waals surface area contributed by atoms with Crippen LogP contribution in [0.5, 0.6) is 23.0 Å². The highest BCUT2D eigenvalue weighted by Gasteiger charge is 2.33. The molecule has 0 saturated carbocycles. The molecule has 1 saturated heterocycles. The molecule has 3 aromatic carbocycles. The van der Waals surface area contributed by atoms with Gasteiger partial charge in [-0.15, -0.1) is 0 Å². The fraction of sp³-hybridized carbons (Fsp3) is 0.457. The third-order valence-corrected chi connectivity index (χ3v) is 7.51. The maximum Gasteiger partial charge on any atom is 0.188 e. The van der Waals surface area contributed by atoms with Crippen LogP contribution in [-0.4, -0.2) is 80.0 Å². The minimum atomic E-state index is -0.634. The Labute approximate surface area is 265 Å². The van der Waals surface area contributed by atoms with E-state index in [0.29, 0.717) is 66.8 Å². The summed E-state index contributed by atoms with van der Waals surface area (Å²) < 4.78 is 52.0. The van der Waals surface area contributed by atoms with Crippen LogP contribution < -0.4 is 18.9 Å². The fourth-order valence-corrected chi connectivity index (χ4v) is 5.59. The molecule has 3 aromatic rings. The first-order chi connectivity index (χ1) is 21.8. The molecule has 0 aromatic heterocycles. The summed E-state index contributed by atoms with van der Waals surface area (Å²) in [7, 11) is 6.34. The van der Waals surface area contributed by atoms with Crippen molar-refractivity contribution in [2.24, 2.45) is 0 Å². The van der Waals surface area contributed by atoms with Crippen LogP contribution in [0.3, 0.4) is 0 Å². The summed E-state index contributed by atoms with van der Waals surface area (Å²) in [5, 5.41) is 0. The minimum Gasteiger partial charge on any atom is -0.497 e. The van der Waals surface area contributed by atoms with E-state index in [4.69, 9.17) is 42.6 Å². The molecule has 10 nitrogen and oxygen atoms in total. The molecule has 1 fully saturated rings. The van der Waals surface area contributed by atoms with Crippen molar-refractivity contribution in [1.29, 1.82) is 0 Å². The third kappa shape index (κ3) is 8.14. The van der Waals surface area contributed by atoms with Crippen LogP contribution in [0.25, 0.3) is 22.3 Å². The molecule has 1 aliphatic rings. The van der Waals surface area contributed by atoms with Crippen molar-refractivity contribution in [3.63, 3.8) is 0 Å². The van der Waals surface area contributed by atoms with Gasteiger partial charge in [0.15, 0.2) is 25.7 Å². The van der Waals surface area contributed by atoms with E-state index in [0.717, 1.165) is 34.1 Å². The summed E-state index contributed by atoms with van der Waals surface area (Å²) in [4.78, 5) is 12.7. The predicted molar refractivity (Wildman–Crippen MR) is 170 cm³/mol. The van der Waals surface area contributed by atoms with E-state index in [9.17, 15) is 4.79 Å². The van der Waals surface area contributed by atoms with Crippen LogP contribution >= 0.6 is 0 Å². The van der Waals surface area contributed by atoms with Crippen molar-refractivity contribution in [3.8, 4) is 45.3 Å². The van der Waals surface area contributed by atoms with Gasteiger partial charge in [-0.1, -0.05) is 19.1 Å². The maximum absolute atomic E-state index is 12.7. The first-order valence-corrected chi connectivity index (χ1v) is 14.9. The summed E-state index contributed by atoms with van der Waals surface area (Å²) in [6.07, 6.45) is 1.80. The van der Waals surface area contributed by atoms with Crippen molar-refractivity contribution in [3.05, 3.63) is 59.2 Å². The van der Waals surface area contributed by atoms with E-state index in [1.165, 1.54) is 0 Å². The molecule has 0 N–H and O–H groups in total. The van der Waals surface area contributed by atoms with E-state index >= 15 is 0 Å². The van der Waals surface area contributed by atoms with Gasteiger partial charge in [-0.2, -0.15) is 0 Å². The molecule has 1 aliphatic heterocycles. The molecule has 0 spiro atoms. The quantitative estimate of drug-likeness (QED) is 0.0997. The summed E-state index contributed by atoms with van der Waals surface area (Å²) in [6.45, 7) is 7.06. The van der Waals surface area contributed by atoms with Crippen LogP contribution in [-0.2, 0) is 36.5 Å². The Bertz CT molecular complexity index is 1430. The average Bonchev–Trinajstić information content (AvgIpc) is 3.41. The molecule has 0 bridgehead atoms. The van der Waals surface area contributed by atoms with E-state index in [2.05, 4.69) is 6.92 Å². The van der Waals surface area contributed by atoms with Gasteiger partial charge in [0.2, 0.25) is 0 Å². The Morgan fingerprint density at radius 1 is 0.867 bits per heavy atom. The van der Waals surface area contributed by atoms with Gasteiger partial charge in [0.25, 0.3) is 0 Å². The lowest BCUT2D eigenvalue weighted by Gasteiger charge is -2.25. The number of rotatable bonds is 17. The van der Waals surface area contributed by atoms with Crippen LogP contribution in [0.2, 0.25) is 0 Å². The van der Waals surface area contributed by atoms with Crippen molar-refractivity contribution >= 4 is 6.29 Å². The second-order valence-corrected chi connectivity index (χ2v) is 10.9. The largest absolute Gasteiger partial charge is 0.497 e. The number of hydrogen-bond acceptors (Lipinski definition) is 10. The first-order valence-electron chi connectivity index (χ1n) is 14.9. The number of methoxy groups -OCH3 is 4. The fourth-order valence-electron chi connectivity index (χ4n) is 5.59. The average molecular weight is 625 g/mol. The zero-order chi connectivity index (χ0) is 32.4. The van der Waals surface area contributed by atoms with Gasteiger partial charge in [0.1, 0.15) is 29.1 Å². The summed E-state index contributed by atoms with van der Waals surface area (Å²) in [5.74, 6) is 1.70. The highest BCUT2D eigenvalue weighted by molar-refractivity contribution is 6.01. The second kappa shape index (κ2) is 16.1. The van der Waals surface area contributed by atoms with Gasteiger partial charge in [-0.25, -0.2) is 0 Å². The van der Waals surface area contributed by atoms with Crippen LogP contribution in [0, 0.1) is 0 Å². The molecule has 0 aliphatic carbocycles. The number of carbonyl (C=O) groups excluding carboxylic acids is 1. The molecule has 0 amide bonds. The summed E-state index contributed by atoms with van der Waals surface area (Å²) >= 11 is 0. The number of benzene rings is 3. The third-order valence-electron chi connectivity index (χ3n) is 7.51.